The summed E-state index contributed by atoms with van der Waals surface area (Å²) in [6, 6.07) is 5.69. The summed E-state index contributed by atoms with van der Waals surface area (Å²) >= 11 is 3.29. The van der Waals surface area contributed by atoms with Gasteiger partial charge in [0.05, 0.1) is 0 Å². The highest BCUT2D eigenvalue weighted by atomic mass is 127. The highest BCUT2D eigenvalue weighted by Gasteiger charge is 2.18. The van der Waals surface area contributed by atoms with E-state index in [0.29, 0.717) is 19.0 Å². The van der Waals surface area contributed by atoms with Crippen LogP contribution in [0.15, 0.2) is 40.3 Å². The summed E-state index contributed by atoms with van der Waals surface area (Å²) in [5.41, 5.74) is 0.746. The van der Waals surface area contributed by atoms with Crippen molar-refractivity contribution in [3.05, 3.63) is 46.7 Å². The Morgan fingerprint density at radius 1 is 1.41 bits per heavy atom. The summed E-state index contributed by atoms with van der Waals surface area (Å²) in [6.45, 7) is 10.5. The Morgan fingerprint density at radius 2 is 2.15 bits per heavy atom. The number of aryl methyl sites for hydroxylation is 1. The molecule has 1 fully saturated rings. The van der Waals surface area contributed by atoms with Crippen LogP contribution in [0.3, 0.4) is 0 Å². The zero-order valence-electron chi connectivity index (χ0n) is 16.0. The highest BCUT2D eigenvalue weighted by Crippen LogP contribution is 2.16. The molecule has 152 valence electrons. The van der Waals surface area contributed by atoms with Crippen LogP contribution in [-0.2, 0) is 6.42 Å². The fourth-order valence-electron chi connectivity index (χ4n) is 3.14. The number of rotatable bonds is 8. The third kappa shape index (κ3) is 8.91. The zero-order valence-corrected chi connectivity index (χ0v) is 19.9. The van der Waals surface area contributed by atoms with Crippen molar-refractivity contribution in [2.45, 2.75) is 38.6 Å². The van der Waals surface area contributed by atoms with Gasteiger partial charge in [0.1, 0.15) is 5.82 Å². The normalized spacial score (nSPS) is 15.9. The number of piperidine rings is 1. The Hall–Kier alpha value is -0.670. The maximum Gasteiger partial charge on any atom is 0.191 e. The summed E-state index contributed by atoms with van der Waals surface area (Å²) in [5.74, 6) is 0.714. The molecule has 0 amide bonds. The molecule has 2 rings (SSSR count). The quantitative estimate of drug-likeness (QED) is 0.166. The predicted octanol–water partition coefficient (Wildman–Crippen LogP) is 4.34. The Kier molecular flexibility index (Phi) is 12.2. The van der Waals surface area contributed by atoms with Gasteiger partial charge in [-0.2, -0.15) is 0 Å². The van der Waals surface area contributed by atoms with Crippen LogP contribution in [0.5, 0.6) is 0 Å². The monoisotopic (exact) mass is 552 g/mol. The largest absolute Gasteiger partial charge is 0.357 e. The number of hydrogen-bond donors (Lipinski definition) is 2. The number of hydrogen-bond acceptors (Lipinski definition) is 2. The predicted molar refractivity (Wildman–Crippen MR) is 127 cm³/mol. The van der Waals surface area contributed by atoms with Crippen LogP contribution in [0.2, 0.25) is 0 Å². The van der Waals surface area contributed by atoms with Crippen LogP contribution in [-0.4, -0.2) is 49.6 Å². The van der Waals surface area contributed by atoms with Crippen LogP contribution in [0.4, 0.5) is 4.39 Å². The molecular weight excluding hydrogens is 522 g/mol. The number of nitrogens with one attached hydrogen (secondary N) is 2. The molecule has 4 nitrogen and oxygen atoms in total. The fraction of sp³-hybridized carbons (Fsp3) is 0.550. The summed E-state index contributed by atoms with van der Waals surface area (Å²) in [5, 5.41) is 6.86. The molecule has 0 radical (unpaired) electrons. The minimum Gasteiger partial charge on any atom is -0.357 e. The van der Waals surface area contributed by atoms with Crippen molar-refractivity contribution in [2.75, 3.05) is 32.7 Å². The Morgan fingerprint density at radius 3 is 2.78 bits per heavy atom. The second-order valence-corrected chi connectivity index (χ2v) is 7.52. The molecule has 1 aliphatic rings. The fourth-order valence-corrected chi connectivity index (χ4v) is 3.47. The lowest BCUT2D eigenvalue weighted by atomic mass is 10.1. The molecular formula is C20H31BrFIN4. The van der Waals surface area contributed by atoms with E-state index in [1.54, 1.807) is 0 Å². The smallest absolute Gasteiger partial charge is 0.191 e. The molecule has 27 heavy (non-hydrogen) atoms. The van der Waals surface area contributed by atoms with Crippen molar-refractivity contribution in [2.24, 2.45) is 4.99 Å². The van der Waals surface area contributed by atoms with Crippen LogP contribution >= 0.6 is 39.9 Å². The van der Waals surface area contributed by atoms with Crippen LogP contribution in [0, 0.1) is 5.82 Å². The van der Waals surface area contributed by atoms with Gasteiger partial charge in [-0.25, -0.2) is 4.39 Å². The van der Waals surface area contributed by atoms with E-state index in [9.17, 15) is 4.39 Å². The van der Waals surface area contributed by atoms with Crippen molar-refractivity contribution in [1.82, 2.24) is 15.5 Å². The van der Waals surface area contributed by atoms with Gasteiger partial charge in [-0.1, -0.05) is 28.1 Å². The van der Waals surface area contributed by atoms with Crippen LogP contribution in [0.1, 0.15) is 31.7 Å². The number of guanidine groups is 1. The minimum atomic E-state index is -0.153. The molecule has 0 spiro atoms. The minimum absolute atomic E-state index is 0. The summed E-state index contributed by atoms with van der Waals surface area (Å²) in [4.78, 5) is 7.08. The van der Waals surface area contributed by atoms with Gasteiger partial charge in [0.2, 0.25) is 0 Å². The lowest BCUT2D eigenvalue weighted by molar-refractivity contribution is 0.225. The molecule has 0 atom stereocenters. The first-order chi connectivity index (χ1) is 12.6. The maximum atomic E-state index is 13.9. The molecule has 0 unspecified atom stereocenters. The second kappa shape index (κ2) is 13.5. The van der Waals surface area contributed by atoms with E-state index in [0.717, 1.165) is 61.4 Å². The topological polar surface area (TPSA) is 39.7 Å². The Labute approximate surface area is 188 Å². The Balaban J connectivity index is 0.00000364. The van der Waals surface area contributed by atoms with E-state index in [1.807, 2.05) is 18.2 Å². The third-order valence-corrected chi connectivity index (χ3v) is 5.04. The highest BCUT2D eigenvalue weighted by molar-refractivity contribution is 14.0. The lowest BCUT2D eigenvalue weighted by Crippen LogP contribution is -2.48. The van der Waals surface area contributed by atoms with Gasteiger partial charge < -0.3 is 10.6 Å². The van der Waals surface area contributed by atoms with E-state index < -0.39 is 0 Å². The van der Waals surface area contributed by atoms with Crippen molar-refractivity contribution >= 4 is 45.9 Å². The summed E-state index contributed by atoms with van der Waals surface area (Å²) in [7, 11) is 0. The first-order valence-corrected chi connectivity index (χ1v) is 10.2. The lowest BCUT2D eigenvalue weighted by Gasteiger charge is -2.32. The van der Waals surface area contributed by atoms with E-state index in [-0.39, 0.29) is 29.8 Å². The molecule has 1 aliphatic heterocycles. The van der Waals surface area contributed by atoms with Gasteiger partial charge in [0.15, 0.2) is 5.96 Å². The van der Waals surface area contributed by atoms with Gasteiger partial charge >= 0.3 is 0 Å². The molecule has 7 heteroatoms. The molecule has 1 aromatic rings. The van der Waals surface area contributed by atoms with Gasteiger partial charge in [0, 0.05) is 43.2 Å². The van der Waals surface area contributed by atoms with Gasteiger partial charge in [-0.3, -0.25) is 9.89 Å². The van der Waals surface area contributed by atoms with Crippen molar-refractivity contribution in [3.63, 3.8) is 0 Å². The van der Waals surface area contributed by atoms with Gasteiger partial charge in [-0.05, 0) is 50.3 Å². The summed E-state index contributed by atoms with van der Waals surface area (Å²) in [6.07, 6.45) is 5.72. The molecule has 1 aromatic carbocycles. The average molecular weight is 553 g/mol. The molecule has 0 saturated carbocycles. The number of aliphatic imine (C=N–C) groups is 1. The van der Waals surface area contributed by atoms with Crippen molar-refractivity contribution < 1.29 is 4.39 Å². The molecule has 0 bridgehead atoms. The van der Waals surface area contributed by atoms with Crippen molar-refractivity contribution in [1.29, 1.82) is 0 Å². The van der Waals surface area contributed by atoms with Crippen LogP contribution in [0.25, 0.3) is 0 Å². The second-order valence-electron chi connectivity index (χ2n) is 6.61. The molecule has 0 aromatic heterocycles. The third-order valence-electron chi connectivity index (χ3n) is 4.55. The molecule has 0 aliphatic carbocycles. The van der Waals surface area contributed by atoms with E-state index in [1.165, 1.54) is 6.07 Å². The van der Waals surface area contributed by atoms with Gasteiger partial charge in [0.25, 0.3) is 0 Å². The number of nitrogens with zero attached hydrogens (tertiary/aromatic N) is 2. The van der Waals surface area contributed by atoms with Crippen LogP contribution < -0.4 is 10.6 Å². The van der Waals surface area contributed by atoms with Crippen molar-refractivity contribution in [3.8, 4) is 0 Å². The number of halogens is 3. The zero-order chi connectivity index (χ0) is 18.8. The molecule has 1 saturated heterocycles. The SMILES string of the molecule is C=CCN1CCC(NC(=NCCCc2ccc(Br)cc2F)NCC)CC1.I. The Bertz CT molecular complexity index is 604. The van der Waals surface area contributed by atoms with E-state index in [2.05, 4.69) is 50.0 Å². The first-order valence-electron chi connectivity index (χ1n) is 9.44. The first kappa shape index (κ1) is 24.4. The van der Waals surface area contributed by atoms with E-state index >= 15 is 0 Å². The number of likely N-dealkylation sites (tertiary alicyclic amines) is 1. The molecule has 1 heterocycles. The number of benzene rings is 1. The molecule has 2 N–H and O–H groups in total. The average Bonchev–Trinajstić information content (AvgIpc) is 2.62. The van der Waals surface area contributed by atoms with E-state index in [4.69, 9.17) is 0 Å². The standard InChI is InChI=1S/C20H30BrFN4.HI/c1-3-12-26-13-9-18(10-14-26)25-20(23-4-2)24-11-5-6-16-7-8-17(21)15-19(16)22;/h3,7-8,15,18H,1,4-6,9-14H2,2H3,(H2,23,24,25);1H. The maximum absolute atomic E-state index is 13.9. The summed E-state index contributed by atoms with van der Waals surface area (Å²) < 4.78 is 14.6. The van der Waals surface area contributed by atoms with Gasteiger partial charge in [-0.15, -0.1) is 30.6 Å².